The number of aromatic nitrogens is 3. The number of nitrogens with zero attached hydrogens (tertiary/aromatic N) is 3. The summed E-state index contributed by atoms with van der Waals surface area (Å²) in [5.74, 6) is 0. The largest absolute Gasteiger partial charge is 0.456 e. The molecule has 0 saturated carbocycles. The minimum Gasteiger partial charge on any atom is -0.456 e. The molecule has 0 fully saturated rings. The second-order valence-corrected chi connectivity index (χ2v) is 25.5. The molecule has 0 amide bonds. The summed E-state index contributed by atoms with van der Waals surface area (Å²) in [7, 11) is 0. The highest BCUT2D eigenvalue weighted by Crippen LogP contribution is 2.45. The second kappa shape index (κ2) is 18.5. The molecule has 0 unspecified atom stereocenters. The molecular weight excluding hydrogens is 1150 g/mol. The summed E-state index contributed by atoms with van der Waals surface area (Å²) in [5.41, 5.74) is 20.3. The van der Waals surface area contributed by atoms with E-state index in [9.17, 15) is 0 Å². The fourth-order valence-corrected chi connectivity index (χ4v) is 16.2. The molecule has 22 rings (SSSR count). The van der Waals surface area contributed by atoms with Crippen LogP contribution in [-0.4, -0.2) is 13.7 Å². The zero-order valence-electron chi connectivity index (χ0n) is 50.4. The van der Waals surface area contributed by atoms with E-state index in [-0.39, 0.29) is 0 Å². The van der Waals surface area contributed by atoms with Crippen LogP contribution in [0.3, 0.4) is 0 Å². The number of fused-ring (bicyclic) bond motifs is 23. The Balaban J connectivity index is 0.650. The second-order valence-electron chi connectivity index (χ2n) is 25.5. The molecule has 6 aromatic heterocycles. The van der Waals surface area contributed by atoms with Crippen LogP contribution in [0.5, 0.6) is 0 Å². The van der Waals surface area contributed by atoms with E-state index in [0.29, 0.717) is 0 Å². The van der Waals surface area contributed by atoms with E-state index in [1.165, 1.54) is 75.7 Å². The van der Waals surface area contributed by atoms with E-state index >= 15 is 0 Å². The summed E-state index contributed by atoms with van der Waals surface area (Å²) in [6, 6.07) is 109. The van der Waals surface area contributed by atoms with Crippen molar-refractivity contribution in [2.24, 2.45) is 0 Å². The SMILES string of the molecule is c1ccc2c(-n3c4ccc(-c5ccc6cc(-n7c8ccc(-c9ccc%10c(ccc%11cc(-n%12c%13ccccc%13c%13cc%14oc%15ccccc%15c%14cc%13%12)ccc%11%10)c9)cc8c8cc9oc%10ccccc%10c9cc87)ccc6c5)cc4c4cc5oc6ccccc6c5cc43)cccc2c1. The summed E-state index contributed by atoms with van der Waals surface area (Å²) in [4.78, 5) is 0. The molecule has 6 heterocycles. The van der Waals surface area contributed by atoms with Gasteiger partial charge in [-0.05, 0) is 187 Å². The zero-order valence-corrected chi connectivity index (χ0v) is 50.4. The quantitative estimate of drug-likeness (QED) is 0.161. The Bertz CT molecular complexity index is 7120. The predicted molar refractivity (Wildman–Crippen MR) is 392 cm³/mol. The van der Waals surface area contributed by atoms with Gasteiger partial charge in [0.1, 0.15) is 33.5 Å². The summed E-state index contributed by atoms with van der Waals surface area (Å²) in [6.45, 7) is 0. The van der Waals surface area contributed by atoms with Crippen LogP contribution in [-0.2, 0) is 0 Å². The third-order valence-electron chi connectivity index (χ3n) is 20.5. The van der Waals surface area contributed by atoms with Gasteiger partial charge in [0.15, 0.2) is 0 Å². The average molecular weight is 1200 g/mol. The predicted octanol–water partition coefficient (Wildman–Crippen LogP) is 24.6. The first-order valence-corrected chi connectivity index (χ1v) is 32.2. The van der Waals surface area contributed by atoms with Crippen LogP contribution in [0.15, 0.2) is 311 Å². The van der Waals surface area contributed by atoms with Crippen LogP contribution in [0.25, 0.3) is 214 Å². The Hall–Kier alpha value is -12.6. The van der Waals surface area contributed by atoms with Gasteiger partial charge in [0, 0.05) is 81.4 Å². The molecule has 0 aliphatic heterocycles. The van der Waals surface area contributed by atoms with Gasteiger partial charge in [-0.25, -0.2) is 0 Å². The highest BCUT2D eigenvalue weighted by atomic mass is 16.3. The minimum absolute atomic E-state index is 0.881. The van der Waals surface area contributed by atoms with Crippen LogP contribution in [0.1, 0.15) is 0 Å². The maximum atomic E-state index is 6.61. The van der Waals surface area contributed by atoms with E-state index in [0.717, 1.165) is 138 Å². The molecule has 22 aromatic rings. The maximum absolute atomic E-state index is 6.61. The zero-order chi connectivity index (χ0) is 61.0. The molecule has 6 heteroatoms. The first-order chi connectivity index (χ1) is 46.5. The molecule has 434 valence electrons. The first kappa shape index (κ1) is 50.1. The molecule has 16 aromatic carbocycles. The van der Waals surface area contributed by atoms with E-state index < -0.39 is 0 Å². The summed E-state index contributed by atoms with van der Waals surface area (Å²) >= 11 is 0. The third kappa shape index (κ3) is 7.03. The minimum atomic E-state index is 0.881. The summed E-state index contributed by atoms with van der Waals surface area (Å²) in [5, 5.41) is 23.3. The van der Waals surface area contributed by atoms with Crippen LogP contribution in [0, 0.1) is 0 Å². The Morgan fingerprint density at radius 1 is 0.170 bits per heavy atom. The van der Waals surface area contributed by atoms with Gasteiger partial charge in [0.25, 0.3) is 0 Å². The van der Waals surface area contributed by atoms with Gasteiger partial charge in [0.05, 0.1) is 38.8 Å². The van der Waals surface area contributed by atoms with E-state index in [1.807, 2.05) is 18.2 Å². The molecule has 0 bridgehead atoms. The van der Waals surface area contributed by atoms with E-state index in [2.05, 4.69) is 293 Å². The Labute approximate surface area is 534 Å². The normalized spacial score (nSPS) is 12.5. The lowest BCUT2D eigenvalue weighted by atomic mass is 9.96. The summed E-state index contributed by atoms with van der Waals surface area (Å²) in [6.07, 6.45) is 0. The van der Waals surface area contributed by atoms with Crippen molar-refractivity contribution in [3.05, 3.63) is 297 Å². The standard InChI is InChI=1S/C88H49N3O3/c1-2-14-63-50(12-1)13-11-20-76(63)91-79-37-31-55(43-69(79)72-49-88-75(46-82(72)91)67-18-6-10-23-85(67)94-88)51-24-25-54-40-59(32-28-52(54)38-51)90-78-36-30-56(42-68(78)71-48-87-74(45-81(71)90)66-17-5-9-22-84(66)93-87)53-29-34-61-57(39-53)26-27-58-41-60(33-35-62(58)61)89-77-19-7-3-15-64(77)70-47-86-73(44-80(70)89)65-16-4-8-21-83(65)92-86/h1-49H. The van der Waals surface area contributed by atoms with Gasteiger partial charge in [0.2, 0.25) is 0 Å². The molecule has 0 aliphatic rings. The molecule has 0 N–H and O–H groups in total. The number of furan rings is 3. The van der Waals surface area contributed by atoms with Gasteiger partial charge in [-0.1, -0.05) is 170 Å². The van der Waals surface area contributed by atoms with Crippen molar-refractivity contribution < 1.29 is 13.3 Å². The van der Waals surface area contributed by atoms with E-state index in [4.69, 9.17) is 13.3 Å². The first-order valence-electron chi connectivity index (χ1n) is 32.2. The van der Waals surface area contributed by atoms with Crippen molar-refractivity contribution in [1.82, 2.24) is 13.7 Å². The van der Waals surface area contributed by atoms with Gasteiger partial charge in [-0.15, -0.1) is 0 Å². The van der Waals surface area contributed by atoms with Crippen molar-refractivity contribution >= 4 is 174 Å². The van der Waals surface area contributed by atoms with Crippen molar-refractivity contribution in [3.63, 3.8) is 0 Å². The topological polar surface area (TPSA) is 54.2 Å². The third-order valence-corrected chi connectivity index (χ3v) is 20.5. The molecule has 0 aliphatic carbocycles. The van der Waals surface area contributed by atoms with Gasteiger partial charge < -0.3 is 27.0 Å². The fourth-order valence-electron chi connectivity index (χ4n) is 16.2. The molecule has 94 heavy (non-hydrogen) atoms. The van der Waals surface area contributed by atoms with Crippen LogP contribution in [0.2, 0.25) is 0 Å². The lowest BCUT2D eigenvalue weighted by Crippen LogP contribution is -1.95. The number of hydrogen-bond donors (Lipinski definition) is 0. The van der Waals surface area contributed by atoms with Crippen molar-refractivity contribution in [2.75, 3.05) is 0 Å². The van der Waals surface area contributed by atoms with Crippen molar-refractivity contribution in [1.29, 1.82) is 0 Å². The molecule has 0 saturated heterocycles. The molecule has 0 spiro atoms. The molecule has 0 atom stereocenters. The smallest absolute Gasteiger partial charge is 0.136 e. The Morgan fingerprint density at radius 3 is 1.17 bits per heavy atom. The van der Waals surface area contributed by atoms with Crippen molar-refractivity contribution in [2.45, 2.75) is 0 Å². The molecule has 0 radical (unpaired) electrons. The Kier molecular flexibility index (Phi) is 9.87. The van der Waals surface area contributed by atoms with E-state index in [1.54, 1.807) is 0 Å². The molecular formula is C88H49N3O3. The van der Waals surface area contributed by atoms with Crippen molar-refractivity contribution in [3.8, 4) is 39.3 Å². The number of rotatable bonds is 5. The highest BCUT2D eigenvalue weighted by molar-refractivity contribution is 6.22. The van der Waals surface area contributed by atoms with Gasteiger partial charge >= 0.3 is 0 Å². The summed E-state index contributed by atoms with van der Waals surface area (Å²) < 4.78 is 26.8. The lowest BCUT2D eigenvalue weighted by Gasteiger charge is -2.12. The Morgan fingerprint density at radius 2 is 0.553 bits per heavy atom. The fraction of sp³-hybridized carbons (Fsp3) is 0. The van der Waals surface area contributed by atoms with Gasteiger partial charge in [-0.3, -0.25) is 0 Å². The maximum Gasteiger partial charge on any atom is 0.136 e. The van der Waals surface area contributed by atoms with Gasteiger partial charge in [-0.2, -0.15) is 0 Å². The monoisotopic (exact) mass is 1200 g/mol. The lowest BCUT2D eigenvalue weighted by molar-refractivity contribution is 0.669. The van der Waals surface area contributed by atoms with Crippen LogP contribution in [0.4, 0.5) is 0 Å². The number of para-hydroxylation sites is 4. The highest BCUT2D eigenvalue weighted by Gasteiger charge is 2.23. The van der Waals surface area contributed by atoms with Crippen LogP contribution >= 0.6 is 0 Å². The van der Waals surface area contributed by atoms with Crippen LogP contribution < -0.4 is 0 Å². The number of hydrogen-bond acceptors (Lipinski definition) is 3. The average Bonchev–Trinajstić information content (AvgIpc) is 1.57. The molecule has 6 nitrogen and oxygen atoms in total. The number of benzene rings is 16.